The Hall–Kier alpha value is -0.120. The Bertz CT molecular complexity index is 211. The molecule has 4 atom stereocenters. The summed E-state index contributed by atoms with van der Waals surface area (Å²) in [6.07, 6.45) is 4.06. The van der Waals surface area contributed by atoms with Crippen molar-refractivity contribution in [1.82, 2.24) is 5.32 Å². The number of nitrogens with one attached hydrogen (secondary N) is 1. The predicted molar refractivity (Wildman–Crippen MR) is 75.9 cm³/mol. The van der Waals surface area contributed by atoms with E-state index in [9.17, 15) is 0 Å². The number of hydrogen-bond donors (Lipinski definition) is 1. The van der Waals surface area contributed by atoms with Gasteiger partial charge in [0.1, 0.15) is 0 Å². The number of rotatable bonds is 8. The summed E-state index contributed by atoms with van der Waals surface area (Å²) in [5, 5.41) is 3.66. The van der Waals surface area contributed by atoms with Crippen LogP contribution in [-0.2, 0) is 9.47 Å². The topological polar surface area (TPSA) is 30.5 Å². The molecular weight excluding hydrogens is 226 g/mol. The van der Waals surface area contributed by atoms with Gasteiger partial charge in [0.05, 0.1) is 19.3 Å². The molecule has 0 aliphatic heterocycles. The molecule has 0 aromatic rings. The van der Waals surface area contributed by atoms with Crippen molar-refractivity contribution < 1.29 is 9.47 Å². The van der Waals surface area contributed by atoms with Crippen LogP contribution in [0.15, 0.2) is 0 Å². The van der Waals surface area contributed by atoms with Gasteiger partial charge < -0.3 is 14.8 Å². The molecular formula is C15H31NO2. The average Bonchev–Trinajstić information content (AvgIpc) is 2.34. The van der Waals surface area contributed by atoms with Crippen molar-refractivity contribution in [1.29, 1.82) is 0 Å². The molecule has 0 aromatic heterocycles. The third-order valence-electron chi connectivity index (χ3n) is 3.79. The van der Waals surface area contributed by atoms with Crippen molar-refractivity contribution in [3.05, 3.63) is 0 Å². The fourth-order valence-corrected chi connectivity index (χ4v) is 3.03. The first-order chi connectivity index (χ1) is 8.69. The largest absolute Gasteiger partial charge is 0.379 e. The normalized spacial score (nSPS) is 32.7. The van der Waals surface area contributed by atoms with E-state index in [1.165, 1.54) is 19.3 Å². The van der Waals surface area contributed by atoms with Gasteiger partial charge in [0.15, 0.2) is 0 Å². The van der Waals surface area contributed by atoms with Crippen LogP contribution >= 0.6 is 0 Å². The highest BCUT2D eigenvalue weighted by Crippen LogP contribution is 2.31. The van der Waals surface area contributed by atoms with Gasteiger partial charge in [0.2, 0.25) is 0 Å². The van der Waals surface area contributed by atoms with Gasteiger partial charge in [-0.15, -0.1) is 0 Å². The van der Waals surface area contributed by atoms with Crippen LogP contribution in [0.2, 0.25) is 0 Å². The molecule has 0 aromatic carbocycles. The minimum atomic E-state index is 0.355. The van der Waals surface area contributed by atoms with Gasteiger partial charge >= 0.3 is 0 Å². The molecule has 4 unspecified atom stereocenters. The van der Waals surface area contributed by atoms with Gasteiger partial charge in [-0.3, -0.25) is 0 Å². The van der Waals surface area contributed by atoms with Crippen molar-refractivity contribution in [3.8, 4) is 0 Å². The molecule has 1 saturated carbocycles. The lowest BCUT2D eigenvalue weighted by molar-refractivity contribution is -0.0566. The molecule has 108 valence electrons. The average molecular weight is 257 g/mol. The van der Waals surface area contributed by atoms with E-state index in [4.69, 9.17) is 9.47 Å². The van der Waals surface area contributed by atoms with Crippen LogP contribution in [0.5, 0.6) is 0 Å². The van der Waals surface area contributed by atoms with Gasteiger partial charge in [-0.2, -0.15) is 0 Å². The first-order valence-electron chi connectivity index (χ1n) is 7.61. The summed E-state index contributed by atoms with van der Waals surface area (Å²) in [7, 11) is 0. The fourth-order valence-electron chi connectivity index (χ4n) is 3.03. The quantitative estimate of drug-likeness (QED) is 0.678. The Morgan fingerprint density at radius 2 is 1.89 bits per heavy atom. The number of ether oxygens (including phenoxy) is 2. The van der Waals surface area contributed by atoms with E-state index < -0.39 is 0 Å². The summed E-state index contributed by atoms with van der Waals surface area (Å²) in [4.78, 5) is 0. The van der Waals surface area contributed by atoms with Crippen molar-refractivity contribution in [2.75, 3.05) is 26.4 Å². The van der Waals surface area contributed by atoms with E-state index in [0.29, 0.717) is 18.1 Å². The van der Waals surface area contributed by atoms with Crippen molar-refractivity contribution in [2.45, 2.75) is 59.1 Å². The molecule has 0 saturated heterocycles. The highest BCUT2D eigenvalue weighted by molar-refractivity contribution is 4.88. The molecule has 0 heterocycles. The minimum Gasteiger partial charge on any atom is -0.379 e. The van der Waals surface area contributed by atoms with Crippen molar-refractivity contribution >= 4 is 0 Å². The van der Waals surface area contributed by atoms with Gasteiger partial charge in [-0.05, 0) is 44.6 Å². The first kappa shape index (κ1) is 15.9. The Morgan fingerprint density at radius 1 is 1.11 bits per heavy atom. The van der Waals surface area contributed by atoms with Crippen LogP contribution in [0.3, 0.4) is 0 Å². The van der Waals surface area contributed by atoms with E-state index in [0.717, 1.165) is 32.3 Å². The summed E-state index contributed by atoms with van der Waals surface area (Å²) in [6, 6.07) is 0.519. The van der Waals surface area contributed by atoms with Gasteiger partial charge in [-0.25, -0.2) is 0 Å². The second kappa shape index (κ2) is 8.89. The molecule has 1 rings (SSSR count). The zero-order valence-electron chi connectivity index (χ0n) is 12.6. The third kappa shape index (κ3) is 5.25. The second-order valence-corrected chi connectivity index (χ2v) is 5.65. The van der Waals surface area contributed by atoms with E-state index in [2.05, 4.69) is 26.1 Å². The fraction of sp³-hybridized carbons (Fsp3) is 1.00. The highest BCUT2D eigenvalue weighted by atomic mass is 16.5. The van der Waals surface area contributed by atoms with Crippen LogP contribution < -0.4 is 5.32 Å². The summed E-state index contributed by atoms with van der Waals surface area (Å²) < 4.78 is 11.4. The van der Waals surface area contributed by atoms with Gasteiger partial charge in [0, 0.05) is 12.6 Å². The first-order valence-corrected chi connectivity index (χ1v) is 7.61. The molecule has 1 aliphatic rings. The number of hydrogen-bond acceptors (Lipinski definition) is 3. The van der Waals surface area contributed by atoms with Gasteiger partial charge in [0.25, 0.3) is 0 Å². The summed E-state index contributed by atoms with van der Waals surface area (Å²) in [5.41, 5.74) is 0. The molecule has 3 heteroatoms. The molecule has 1 N–H and O–H groups in total. The van der Waals surface area contributed by atoms with E-state index in [1.54, 1.807) is 0 Å². The summed E-state index contributed by atoms with van der Waals surface area (Å²) >= 11 is 0. The third-order valence-corrected chi connectivity index (χ3v) is 3.79. The zero-order chi connectivity index (χ0) is 13.4. The van der Waals surface area contributed by atoms with Crippen molar-refractivity contribution in [2.24, 2.45) is 11.8 Å². The molecule has 1 aliphatic carbocycles. The zero-order valence-corrected chi connectivity index (χ0v) is 12.6. The summed E-state index contributed by atoms with van der Waals surface area (Å²) in [6.45, 7) is 12.2. The lowest BCUT2D eigenvalue weighted by Crippen LogP contribution is -2.49. The Kier molecular flexibility index (Phi) is 7.87. The Balaban J connectivity index is 2.41. The molecule has 0 bridgehead atoms. The molecule has 0 amide bonds. The second-order valence-electron chi connectivity index (χ2n) is 5.65. The smallest absolute Gasteiger partial charge is 0.0754 e. The lowest BCUT2D eigenvalue weighted by Gasteiger charge is -2.40. The van der Waals surface area contributed by atoms with Crippen LogP contribution in [0.1, 0.15) is 47.0 Å². The van der Waals surface area contributed by atoms with Gasteiger partial charge in [-0.1, -0.05) is 20.8 Å². The van der Waals surface area contributed by atoms with Crippen LogP contribution in [0.4, 0.5) is 0 Å². The van der Waals surface area contributed by atoms with Crippen LogP contribution in [0.25, 0.3) is 0 Å². The van der Waals surface area contributed by atoms with E-state index in [-0.39, 0.29) is 0 Å². The maximum atomic E-state index is 6.07. The maximum Gasteiger partial charge on any atom is 0.0754 e. The van der Waals surface area contributed by atoms with Crippen LogP contribution in [0, 0.1) is 11.8 Å². The summed E-state index contributed by atoms with van der Waals surface area (Å²) in [5.74, 6) is 1.45. The minimum absolute atomic E-state index is 0.355. The van der Waals surface area contributed by atoms with Crippen molar-refractivity contribution in [3.63, 3.8) is 0 Å². The highest BCUT2D eigenvalue weighted by Gasteiger charge is 2.34. The molecule has 0 spiro atoms. The van der Waals surface area contributed by atoms with E-state index in [1.807, 2.05) is 6.92 Å². The Morgan fingerprint density at radius 3 is 2.56 bits per heavy atom. The monoisotopic (exact) mass is 257 g/mol. The molecule has 3 nitrogen and oxygen atoms in total. The Labute approximate surface area is 113 Å². The van der Waals surface area contributed by atoms with E-state index >= 15 is 0 Å². The lowest BCUT2D eigenvalue weighted by atomic mass is 9.78. The molecule has 18 heavy (non-hydrogen) atoms. The standard InChI is InChI=1S/C15H31NO2/c1-5-7-16-14-11-12(3)10-13(4)15(14)18-9-8-17-6-2/h12-16H,5-11H2,1-4H3. The molecule has 1 fully saturated rings. The molecule has 0 radical (unpaired) electrons. The predicted octanol–water partition coefficient (Wildman–Crippen LogP) is 2.84. The SMILES string of the molecule is CCCNC1CC(C)CC(C)C1OCCOCC. The maximum absolute atomic E-state index is 6.07. The van der Waals surface area contributed by atoms with Crippen LogP contribution in [-0.4, -0.2) is 38.5 Å².